The molecule has 3 unspecified atom stereocenters. The minimum absolute atomic E-state index is 0.411. The standard InChI is InChI=1S/C15H25N3/c1-12-8-16-9-13(2)11-18(10-12)14(3)15-6-4-5-7-17-15/h4-7,12-14,16H,8-11H2,1-3H3. The molecule has 1 aromatic heterocycles. The fraction of sp³-hybridized carbons (Fsp3) is 0.667. The average molecular weight is 247 g/mol. The van der Waals surface area contributed by atoms with Crippen LogP contribution >= 0.6 is 0 Å². The van der Waals surface area contributed by atoms with Crippen molar-refractivity contribution in [2.75, 3.05) is 26.2 Å². The van der Waals surface area contributed by atoms with E-state index in [2.05, 4.69) is 48.1 Å². The van der Waals surface area contributed by atoms with Crippen molar-refractivity contribution in [3.63, 3.8) is 0 Å². The van der Waals surface area contributed by atoms with Crippen molar-refractivity contribution in [2.45, 2.75) is 26.8 Å². The predicted octanol–water partition coefficient (Wildman–Crippen LogP) is 2.32. The molecule has 3 heteroatoms. The lowest BCUT2D eigenvalue weighted by molar-refractivity contribution is 0.140. The fourth-order valence-electron chi connectivity index (χ4n) is 2.71. The van der Waals surface area contributed by atoms with Crippen molar-refractivity contribution in [1.82, 2.24) is 15.2 Å². The van der Waals surface area contributed by atoms with E-state index in [0.29, 0.717) is 17.9 Å². The van der Waals surface area contributed by atoms with Crippen LogP contribution in [0.15, 0.2) is 24.4 Å². The van der Waals surface area contributed by atoms with E-state index in [1.807, 2.05) is 12.3 Å². The second-order valence-corrected chi connectivity index (χ2v) is 5.75. The molecule has 0 bridgehead atoms. The number of nitrogens with one attached hydrogen (secondary N) is 1. The molecule has 1 aliphatic rings. The molecule has 2 rings (SSSR count). The van der Waals surface area contributed by atoms with E-state index >= 15 is 0 Å². The first-order valence-electron chi connectivity index (χ1n) is 7.02. The summed E-state index contributed by atoms with van der Waals surface area (Å²) in [7, 11) is 0. The van der Waals surface area contributed by atoms with Crippen molar-refractivity contribution >= 4 is 0 Å². The van der Waals surface area contributed by atoms with Gasteiger partial charge in [0, 0.05) is 25.3 Å². The first-order chi connectivity index (χ1) is 8.66. The van der Waals surface area contributed by atoms with Crippen molar-refractivity contribution in [2.24, 2.45) is 11.8 Å². The van der Waals surface area contributed by atoms with Crippen LogP contribution in [-0.2, 0) is 0 Å². The van der Waals surface area contributed by atoms with E-state index in [1.54, 1.807) is 0 Å². The van der Waals surface area contributed by atoms with Crippen LogP contribution in [0.2, 0.25) is 0 Å². The average Bonchev–Trinajstić information content (AvgIpc) is 2.36. The van der Waals surface area contributed by atoms with Crippen LogP contribution < -0.4 is 5.32 Å². The summed E-state index contributed by atoms with van der Waals surface area (Å²) in [6.45, 7) is 11.5. The van der Waals surface area contributed by atoms with E-state index in [1.165, 1.54) is 5.69 Å². The summed E-state index contributed by atoms with van der Waals surface area (Å²) < 4.78 is 0. The molecule has 100 valence electrons. The fourth-order valence-corrected chi connectivity index (χ4v) is 2.71. The molecule has 0 amide bonds. The van der Waals surface area contributed by atoms with E-state index in [9.17, 15) is 0 Å². The molecule has 1 aromatic rings. The van der Waals surface area contributed by atoms with Crippen molar-refractivity contribution in [3.8, 4) is 0 Å². The number of aromatic nitrogens is 1. The lowest BCUT2D eigenvalue weighted by Crippen LogP contribution is -2.43. The van der Waals surface area contributed by atoms with Gasteiger partial charge in [-0.1, -0.05) is 19.9 Å². The number of hydrogen-bond acceptors (Lipinski definition) is 3. The molecule has 1 saturated heterocycles. The largest absolute Gasteiger partial charge is 0.316 e. The number of pyridine rings is 1. The highest BCUT2D eigenvalue weighted by molar-refractivity contribution is 5.08. The molecule has 2 heterocycles. The van der Waals surface area contributed by atoms with Crippen molar-refractivity contribution in [3.05, 3.63) is 30.1 Å². The Kier molecular flexibility index (Phi) is 4.72. The van der Waals surface area contributed by atoms with Gasteiger partial charge in [-0.2, -0.15) is 0 Å². The van der Waals surface area contributed by atoms with Gasteiger partial charge in [0.25, 0.3) is 0 Å². The Labute approximate surface area is 111 Å². The molecular weight excluding hydrogens is 222 g/mol. The summed E-state index contributed by atoms with van der Waals surface area (Å²) in [4.78, 5) is 7.08. The lowest BCUT2D eigenvalue weighted by Gasteiger charge is -2.35. The maximum absolute atomic E-state index is 4.50. The maximum atomic E-state index is 4.50. The van der Waals surface area contributed by atoms with Crippen LogP contribution in [0, 0.1) is 11.8 Å². The quantitative estimate of drug-likeness (QED) is 0.869. The highest BCUT2D eigenvalue weighted by Crippen LogP contribution is 2.21. The van der Waals surface area contributed by atoms with Gasteiger partial charge in [0.2, 0.25) is 0 Å². The van der Waals surface area contributed by atoms with Gasteiger partial charge in [0.1, 0.15) is 0 Å². The molecule has 0 aromatic carbocycles. The topological polar surface area (TPSA) is 28.2 Å². The Morgan fingerprint density at radius 1 is 1.22 bits per heavy atom. The molecule has 0 aliphatic carbocycles. The van der Waals surface area contributed by atoms with Crippen LogP contribution in [0.3, 0.4) is 0 Å². The molecule has 3 nitrogen and oxygen atoms in total. The molecule has 1 fully saturated rings. The van der Waals surface area contributed by atoms with Gasteiger partial charge in [0.05, 0.1) is 5.69 Å². The normalized spacial score (nSPS) is 28.4. The van der Waals surface area contributed by atoms with Crippen LogP contribution in [0.25, 0.3) is 0 Å². The second-order valence-electron chi connectivity index (χ2n) is 5.75. The van der Waals surface area contributed by atoms with Gasteiger partial charge >= 0.3 is 0 Å². The smallest absolute Gasteiger partial charge is 0.0572 e. The third kappa shape index (κ3) is 3.53. The zero-order valence-electron chi connectivity index (χ0n) is 11.8. The summed E-state index contributed by atoms with van der Waals surface area (Å²) in [5.41, 5.74) is 1.19. The summed E-state index contributed by atoms with van der Waals surface area (Å²) >= 11 is 0. The van der Waals surface area contributed by atoms with E-state index in [0.717, 1.165) is 26.2 Å². The monoisotopic (exact) mass is 247 g/mol. The van der Waals surface area contributed by atoms with Crippen LogP contribution in [0.4, 0.5) is 0 Å². The molecule has 0 saturated carbocycles. The minimum Gasteiger partial charge on any atom is -0.316 e. The number of rotatable bonds is 2. The van der Waals surface area contributed by atoms with Crippen LogP contribution in [-0.4, -0.2) is 36.1 Å². The Balaban J connectivity index is 2.08. The summed E-state index contributed by atoms with van der Waals surface area (Å²) in [5, 5.41) is 3.54. The second kappa shape index (κ2) is 6.30. The summed E-state index contributed by atoms with van der Waals surface area (Å²) in [5.74, 6) is 1.40. The molecule has 0 radical (unpaired) electrons. The Bertz CT molecular complexity index is 340. The van der Waals surface area contributed by atoms with Crippen molar-refractivity contribution in [1.29, 1.82) is 0 Å². The van der Waals surface area contributed by atoms with Gasteiger partial charge in [-0.15, -0.1) is 0 Å². The SMILES string of the molecule is CC1CNCC(C)CN(C(C)c2ccccn2)C1. The van der Waals surface area contributed by atoms with Gasteiger partial charge in [-0.05, 0) is 44.0 Å². The first kappa shape index (κ1) is 13.5. The van der Waals surface area contributed by atoms with Crippen LogP contribution in [0.5, 0.6) is 0 Å². The highest BCUT2D eigenvalue weighted by atomic mass is 15.2. The minimum atomic E-state index is 0.411. The molecular formula is C15H25N3. The van der Waals surface area contributed by atoms with Gasteiger partial charge in [-0.3, -0.25) is 9.88 Å². The van der Waals surface area contributed by atoms with E-state index in [-0.39, 0.29) is 0 Å². The third-order valence-electron chi connectivity index (χ3n) is 3.74. The van der Waals surface area contributed by atoms with Crippen LogP contribution in [0.1, 0.15) is 32.5 Å². The number of hydrogen-bond donors (Lipinski definition) is 1. The molecule has 1 N–H and O–H groups in total. The van der Waals surface area contributed by atoms with E-state index in [4.69, 9.17) is 0 Å². The lowest BCUT2D eigenvalue weighted by atomic mass is 10.0. The molecule has 3 atom stereocenters. The zero-order chi connectivity index (χ0) is 13.0. The highest BCUT2D eigenvalue weighted by Gasteiger charge is 2.22. The van der Waals surface area contributed by atoms with E-state index < -0.39 is 0 Å². The van der Waals surface area contributed by atoms with Gasteiger partial charge in [0.15, 0.2) is 0 Å². The maximum Gasteiger partial charge on any atom is 0.0572 e. The number of nitrogens with zero attached hydrogens (tertiary/aromatic N) is 2. The first-order valence-corrected chi connectivity index (χ1v) is 7.02. The Morgan fingerprint density at radius 2 is 1.89 bits per heavy atom. The third-order valence-corrected chi connectivity index (χ3v) is 3.74. The summed E-state index contributed by atoms with van der Waals surface area (Å²) in [6.07, 6.45) is 1.89. The van der Waals surface area contributed by atoms with Gasteiger partial charge in [-0.25, -0.2) is 0 Å². The van der Waals surface area contributed by atoms with Gasteiger partial charge < -0.3 is 5.32 Å². The Hall–Kier alpha value is -0.930. The molecule has 1 aliphatic heterocycles. The Morgan fingerprint density at radius 3 is 2.44 bits per heavy atom. The molecule has 0 spiro atoms. The van der Waals surface area contributed by atoms with Crippen molar-refractivity contribution < 1.29 is 0 Å². The predicted molar refractivity (Wildman–Crippen MR) is 75.4 cm³/mol. The summed E-state index contributed by atoms with van der Waals surface area (Å²) in [6, 6.07) is 6.61. The molecule has 18 heavy (non-hydrogen) atoms. The zero-order valence-corrected chi connectivity index (χ0v) is 11.8.